The number of aliphatic carboxylic acids is 1. The van der Waals surface area contributed by atoms with Gasteiger partial charge in [0.25, 0.3) is 0 Å². The first-order chi connectivity index (χ1) is 6.59. The summed E-state index contributed by atoms with van der Waals surface area (Å²) in [4.78, 5) is 21.2. The maximum Gasteiger partial charge on any atom is 0.340 e. The van der Waals surface area contributed by atoms with E-state index in [9.17, 15) is 9.59 Å². The zero-order chi connectivity index (χ0) is 11.0. The smallest absolute Gasteiger partial charge is 0.340 e. The van der Waals surface area contributed by atoms with Gasteiger partial charge in [0.15, 0.2) is 5.78 Å². The predicted octanol–water partition coefficient (Wildman–Crippen LogP) is 1.36. The summed E-state index contributed by atoms with van der Waals surface area (Å²) >= 11 is 0. The highest BCUT2D eigenvalue weighted by molar-refractivity contribution is 6.00. The van der Waals surface area contributed by atoms with Crippen LogP contribution >= 0.6 is 0 Å². The van der Waals surface area contributed by atoms with Gasteiger partial charge in [0, 0.05) is 6.42 Å². The molecule has 0 saturated carbocycles. The van der Waals surface area contributed by atoms with E-state index in [2.05, 4.69) is 6.92 Å². The predicted molar refractivity (Wildman–Crippen MR) is 52.0 cm³/mol. The average Bonchev–Trinajstić information content (AvgIpc) is 2.16. The third-order valence-corrected chi connectivity index (χ3v) is 2.07. The monoisotopic (exact) mass is 202 g/mol. The highest BCUT2D eigenvalue weighted by Gasteiger charge is 2.21. The number of unbranched alkanes of at least 4 members (excludes halogenated alkanes) is 4. The Kier molecular flexibility index (Phi) is 7.02. The first-order valence-electron chi connectivity index (χ1n) is 5.03. The van der Waals surface area contributed by atoms with Crippen molar-refractivity contribution >= 4 is 11.8 Å². The molecule has 0 aromatic carbocycles. The lowest BCUT2D eigenvalue weighted by atomic mass is 10.1. The molecule has 1 unspecified atom stereocenters. The van der Waals surface area contributed by atoms with Gasteiger partial charge in [-0.2, -0.15) is 0 Å². The van der Waals surface area contributed by atoms with Crippen molar-refractivity contribution in [1.29, 1.82) is 0 Å². The summed E-state index contributed by atoms with van der Waals surface area (Å²) in [5, 5.41) is 17.2. The van der Waals surface area contributed by atoms with Gasteiger partial charge >= 0.3 is 5.97 Å². The van der Waals surface area contributed by atoms with Crippen LogP contribution in [0.1, 0.15) is 45.4 Å². The number of carboxylic acids is 1. The first kappa shape index (κ1) is 13.1. The number of rotatable bonds is 8. The lowest BCUT2D eigenvalue weighted by Crippen LogP contribution is -2.29. The Bertz CT molecular complexity index is 189. The van der Waals surface area contributed by atoms with Crippen molar-refractivity contribution in [3.05, 3.63) is 0 Å². The SMILES string of the molecule is CCCCCCCC(=O)C(O)C(=O)O. The fourth-order valence-corrected chi connectivity index (χ4v) is 1.18. The molecule has 4 nitrogen and oxygen atoms in total. The highest BCUT2D eigenvalue weighted by Crippen LogP contribution is 2.06. The molecule has 82 valence electrons. The Morgan fingerprint density at radius 3 is 2.21 bits per heavy atom. The molecular formula is C10H18O4. The van der Waals surface area contributed by atoms with Crippen molar-refractivity contribution in [3.8, 4) is 0 Å². The van der Waals surface area contributed by atoms with Crippen LogP contribution in [0.4, 0.5) is 0 Å². The van der Waals surface area contributed by atoms with Gasteiger partial charge in [-0.3, -0.25) is 4.79 Å². The Morgan fingerprint density at radius 1 is 1.14 bits per heavy atom. The van der Waals surface area contributed by atoms with E-state index in [1.54, 1.807) is 0 Å². The molecule has 0 aromatic heterocycles. The highest BCUT2D eigenvalue weighted by atomic mass is 16.4. The van der Waals surface area contributed by atoms with Crippen molar-refractivity contribution in [1.82, 2.24) is 0 Å². The largest absolute Gasteiger partial charge is 0.479 e. The van der Waals surface area contributed by atoms with E-state index in [0.29, 0.717) is 6.42 Å². The number of aliphatic hydroxyl groups is 1. The van der Waals surface area contributed by atoms with Crippen molar-refractivity contribution < 1.29 is 19.8 Å². The lowest BCUT2D eigenvalue weighted by Gasteiger charge is -2.03. The maximum absolute atomic E-state index is 11.0. The van der Waals surface area contributed by atoms with Crippen LogP contribution in [-0.4, -0.2) is 28.1 Å². The summed E-state index contributed by atoms with van der Waals surface area (Å²) < 4.78 is 0. The molecule has 0 aliphatic carbocycles. The minimum atomic E-state index is -1.83. The van der Waals surface area contributed by atoms with Gasteiger partial charge in [-0.25, -0.2) is 4.79 Å². The number of carbonyl (C=O) groups is 2. The van der Waals surface area contributed by atoms with Gasteiger partial charge < -0.3 is 10.2 Å². The van der Waals surface area contributed by atoms with E-state index in [0.717, 1.165) is 25.7 Å². The van der Waals surface area contributed by atoms with Gasteiger partial charge in [0.1, 0.15) is 0 Å². The molecule has 0 aliphatic heterocycles. The van der Waals surface area contributed by atoms with Gasteiger partial charge in [0.2, 0.25) is 6.10 Å². The summed E-state index contributed by atoms with van der Waals surface area (Å²) in [7, 11) is 0. The summed E-state index contributed by atoms with van der Waals surface area (Å²) in [5.41, 5.74) is 0. The molecule has 0 saturated heterocycles. The zero-order valence-corrected chi connectivity index (χ0v) is 8.53. The van der Waals surface area contributed by atoms with Crippen molar-refractivity contribution in [3.63, 3.8) is 0 Å². The van der Waals surface area contributed by atoms with Crippen molar-refractivity contribution in [2.75, 3.05) is 0 Å². The Hall–Kier alpha value is -0.900. The zero-order valence-electron chi connectivity index (χ0n) is 8.53. The van der Waals surface area contributed by atoms with Gasteiger partial charge in [-0.1, -0.05) is 32.6 Å². The lowest BCUT2D eigenvalue weighted by molar-refractivity contribution is -0.152. The third kappa shape index (κ3) is 5.70. The van der Waals surface area contributed by atoms with Gasteiger partial charge in [-0.15, -0.1) is 0 Å². The standard InChI is InChI=1S/C10H18O4/c1-2-3-4-5-6-7-8(11)9(12)10(13)14/h9,12H,2-7H2,1H3,(H,13,14). The second kappa shape index (κ2) is 7.50. The second-order valence-electron chi connectivity index (χ2n) is 3.37. The number of carboxylic acid groups (broad SMARTS) is 1. The van der Waals surface area contributed by atoms with E-state index in [4.69, 9.17) is 10.2 Å². The molecule has 0 rings (SSSR count). The van der Waals surface area contributed by atoms with Crippen LogP contribution in [0.3, 0.4) is 0 Å². The Balaban J connectivity index is 3.49. The molecule has 0 aliphatic rings. The fourth-order valence-electron chi connectivity index (χ4n) is 1.18. The first-order valence-corrected chi connectivity index (χ1v) is 5.03. The number of ketones is 1. The topological polar surface area (TPSA) is 74.6 Å². The summed E-state index contributed by atoms with van der Waals surface area (Å²) in [6.45, 7) is 2.10. The van der Waals surface area contributed by atoms with Crippen LogP contribution < -0.4 is 0 Å². The summed E-state index contributed by atoms with van der Waals surface area (Å²) in [5.74, 6) is -2.04. The van der Waals surface area contributed by atoms with Gasteiger partial charge in [0.05, 0.1) is 0 Å². The number of carbonyl (C=O) groups excluding carboxylic acids is 1. The normalized spacial score (nSPS) is 12.4. The molecule has 0 aromatic rings. The molecule has 0 bridgehead atoms. The number of hydrogen-bond acceptors (Lipinski definition) is 3. The number of Topliss-reactive ketones (excluding diaryl/α,β-unsaturated/α-hetero) is 1. The minimum absolute atomic E-state index is 0.164. The van der Waals surface area contributed by atoms with Crippen LogP contribution in [0.15, 0.2) is 0 Å². The molecule has 0 amide bonds. The molecule has 2 N–H and O–H groups in total. The minimum Gasteiger partial charge on any atom is -0.479 e. The average molecular weight is 202 g/mol. The van der Waals surface area contributed by atoms with Crippen LogP contribution in [0.2, 0.25) is 0 Å². The molecule has 14 heavy (non-hydrogen) atoms. The van der Waals surface area contributed by atoms with Crippen LogP contribution in [-0.2, 0) is 9.59 Å². The third-order valence-electron chi connectivity index (χ3n) is 2.07. The molecule has 0 radical (unpaired) electrons. The van der Waals surface area contributed by atoms with Crippen LogP contribution in [0.5, 0.6) is 0 Å². The number of hydrogen-bond donors (Lipinski definition) is 2. The Labute approximate surface area is 83.9 Å². The van der Waals surface area contributed by atoms with E-state index in [1.807, 2.05) is 0 Å². The van der Waals surface area contributed by atoms with Crippen LogP contribution in [0, 0.1) is 0 Å². The molecule has 0 spiro atoms. The van der Waals surface area contributed by atoms with Crippen molar-refractivity contribution in [2.45, 2.75) is 51.6 Å². The molecule has 1 atom stereocenters. The fraction of sp³-hybridized carbons (Fsp3) is 0.800. The molecular weight excluding hydrogens is 184 g/mol. The second-order valence-corrected chi connectivity index (χ2v) is 3.37. The van der Waals surface area contributed by atoms with E-state index >= 15 is 0 Å². The quantitative estimate of drug-likeness (QED) is 0.460. The molecule has 0 heterocycles. The Morgan fingerprint density at radius 2 is 1.71 bits per heavy atom. The van der Waals surface area contributed by atoms with Crippen molar-refractivity contribution in [2.24, 2.45) is 0 Å². The van der Waals surface area contributed by atoms with E-state index in [1.165, 1.54) is 0 Å². The van der Waals surface area contributed by atoms with Crippen LogP contribution in [0.25, 0.3) is 0 Å². The summed E-state index contributed by atoms with van der Waals surface area (Å²) in [6.07, 6.45) is 3.25. The van der Waals surface area contributed by atoms with Gasteiger partial charge in [-0.05, 0) is 6.42 Å². The van der Waals surface area contributed by atoms with E-state index in [-0.39, 0.29) is 6.42 Å². The summed E-state index contributed by atoms with van der Waals surface area (Å²) in [6, 6.07) is 0. The molecule has 4 heteroatoms. The number of aliphatic hydroxyl groups excluding tert-OH is 1. The maximum atomic E-state index is 11.0. The van der Waals surface area contributed by atoms with E-state index < -0.39 is 17.9 Å². The molecule has 0 fully saturated rings.